The van der Waals surface area contributed by atoms with Crippen LogP contribution >= 0.6 is 21.6 Å². The van der Waals surface area contributed by atoms with E-state index in [1.165, 1.54) is 19.3 Å². The molecule has 1 heterocycles. The summed E-state index contributed by atoms with van der Waals surface area (Å²) in [7, 11) is 4.15. The largest absolute Gasteiger partial charge is 0.0907 e. The molecule has 0 aliphatic carbocycles. The summed E-state index contributed by atoms with van der Waals surface area (Å²) in [5, 5.41) is 1.88. The van der Waals surface area contributed by atoms with Crippen LogP contribution in [0.3, 0.4) is 0 Å². The van der Waals surface area contributed by atoms with Crippen LogP contribution in [0.25, 0.3) is 0 Å². The van der Waals surface area contributed by atoms with E-state index in [-0.39, 0.29) is 0 Å². The molecule has 1 rings (SSSR count). The zero-order valence-corrected chi connectivity index (χ0v) is 7.73. The molecule has 9 heavy (non-hydrogen) atoms. The summed E-state index contributed by atoms with van der Waals surface area (Å²) >= 11 is 0. The normalized spacial score (nSPS) is 35.3. The maximum atomic E-state index is 2.33. The summed E-state index contributed by atoms with van der Waals surface area (Å²) in [6.07, 6.45) is 4.20. The SMILES string of the molecule is CCCC1CC(C)SS1. The van der Waals surface area contributed by atoms with Gasteiger partial charge < -0.3 is 0 Å². The Morgan fingerprint density at radius 2 is 2.22 bits per heavy atom. The average molecular weight is 162 g/mol. The van der Waals surface area contributed by atoms with Gasteiger partial charge in [-0.2, -0.15) is 0 Å². The summed E-state index contributed by atoms with van der Waals surface area (Å²) < 4.78 is 0. The van der Waals surface area contributed by atoms with Crippen molar-refractivity contribution in [2.45, 2.75) is 43.6 Å². The van der Waals surface area contributed by atoms with Crippen LogP contribution in [0.1, 0.15) is 33.1 Å². The second kappa shape index (κ2) is 3.77. The highest BCUT2D eigenvalue weighted by molar-refractivity contribution is 8.77. The smallest absolute Gasteiger partial charge is 0.0162 e. The summed E-state index contributed by atoms with van der Waals surface area (Å²) in [4.78, 5) is 0. The molecule has 0 aromatic heterocycles. The van der Waals surface area contributed by atoms with Crippen molar-refractivity contribution in [3.05, 3.63) is 0 Å². The van der Waals surface area contributed by atoms with Gasteiger partial charge in [-0.15, -0.1) is 0 Å². The predicted octanol–water partition coefficient (Wildman–Crippen LogP) is 3.33. The van der Waals surface area contributed by atoms with Crippen LogP contribution in [-0.4, -0.2) is 10.5 Å². The summed E-state index contributed by atoms with van der Waals surface area (Å²) in [5.74, 6) is 0. The lowest BCUT2D eigenvalue weighted by Gasteiger charge is -2.02. The lowest BCUT2D eigenvalue weighted by atomic mass is 10.1. The molecule has 2 unspecified atom stereocenters. The third-order valence-corrected chi connectivity index (χ3v) is 5.03. The van der Waals surface area contributed by atoms with Gasteiger partial charge in [0.25, 0.3) is 0 Å². The number of rotatable bonds is 2. The fourth-order valence-corrected chi connectivity index (χ4v) is 4.39. The molecule has 0 radical (unpaired) electrons. The minimum atomic E-state index is 0.909. The minimum Gasteiger partial charge on any atom is -0.0907 e. The molecule has 0 bridgehead atoms. The monoisotopic (exact) mass is 162 g/mol. The van der Waals surface area contributed by atoms with Crippen LogP contribution in [0, 0.1) is 0 Å². The van der Waals surface area contributed by atoms with E-state index in [0.29, 0.717) is 0 Å². The van der Waals surface area contributed by atoms with E-state index in [2.05, 4.69) is 35.4 Å². The highest BCUT2D eigenvalue weighted by Gasteiger charge is 2.21. The Hall–Kier alpha value is 0.700. The Kier molecular flexibility index (Phi) is 3.27. The third-order valence-electron chi connectivity index (χ3n) is 1.56. The van der Waals surface area contributed by atoms with Crippen molar-refractivity contribution in [1.29, 1.82) is 0 Å². The first-order valence-electron chi connectivity index (χ1n) is 3.65. The molecule has 54 valence electrons. The van der Waals surface area contributed by atoms with Crippen molar-refractivity contribution in [2.24, 2.45) is 0 Å². The van der Waals surface area contributed by atoms with Gasteiger partial charge in [0.05, 0.1) is 0 Å². The molecule has 0 saturated carbocycles. The number of hydrogen-bond acceptors (Lipinski definition) is 2. The van der Waals surface area contributed by atoms with Crippen molar-refractivity contribution in [3.63, 3.8) is 0 Å². The summed E-state index contributed by atoms with van der Waals surface area (Å²) in [6, 6.07) is 0. The Labute approximate surface area is 65.6 Å². The molecule has 1 aliphatic heterocycles. The van der Waals surface area contributed by atoms with E-state index < -0.39 is 0 Å². The highest BCUT2D eigenvalue weighted by atomic mass is 33.1. The van der Waals surface area contributed by atoms with Crippen molar-refractivity contribution in [3.8, 4) is 0 Å². The van der Waals surface area contributed by atoms with Gasteiger partial charge >= 0.3 is 0 Å². The van der Waals surface area contributed by atoms with Crippen LogP contribution in [0.5, 0.6) is 0 Å². The van der Waals surface area contributed by atoms with Crippen LogP contribution in [0.15, 0.2) is 0 Å². The van der Waals surface area contributed by atoms with Crippen molar-refractivity contribution < 1.29 is 0 Å². The van der Waals surface area contributed by atoms with Gasteiger partial charge in [-0.25, -0.2) is 0 Å². The Morgan fingerprint density at radius 1 is 1.44 bits per heavy atom. The minimum absolute atomic E-state index is 0.909. The number of hydrogen-bond donors (Lipinski definition) is 0. The van der Waals surface area contributed by atoms with E-state index in [1.54, 1.807) is 0 Å². The van der Waals surface area contributed by atoms with Crippen LogP contribution in [0.2, 0.25) is 0 Å². The molecule has 2 heteroatoms. The fraction of sp³-hybridized carbons (Fsp3) is 1.00. The standard InChI is InChI=1S/C7H14S2/c1-3-4-7-5-6(2)8-9-7/h6-7H,3-5H2,1-2H3. The molecule has 0 amide bonds. The lowest BCUT2D eigenvalue weighted by molar-refractivity contribution is 0.692. The zero-order valence-electron chi connectivity index (χ0n) is 6.09. The van der Waals surface area contributed by atoms with E-state index in [9.17, 15) is 0 Å². The average Bonchev–Trinajstić information content (AvgIpc) is 2.17. The van der Waals surface area contributed by atoms with E-state index in [0.717, 1.165) is 10.5 Å². The zero-order chi connectivity index (χ0) is 6.69. The Morgan fingerprint density at radius 3 is 2.67 bits per heavy atom. The van der Waals surface area contributed by atoms with Gasteiger partial charge in [0, 0.05) is 10.5 Å². The van der Waals surface area contributed by atoms with Crippen molar-refractivity contribution in [1.82, 2.24) is 0 Å². The molecular weight excluding hydrogens is 148 g/mol. The highest BCUT2D eigenvalue weighted by Crippen LogP contribution is 2.44. The molecule has 0 nitrogen and oxygen atoms in total. The van der Waals surface area contributed by atoms with Gasteiger partial charge in [-0.1, -0.05) is 41.9 Å². The molecule has 0 aromatic rings. The first-order valence-corrected chi connectivity index (χ1v) is 5.92. The molecule has 1 fully saturated rings. The van der Waals surface area contributed by atoms with Gasteiger partial charge in [0.15, 0.2) is 0 Å². The molecule has 0 aromatic carbocycles. The van der Waals surface area contributed by atoms with Crippen molar-refractivity contribution >= 4 is 21.6 Å². The Balaban J connectivity index is 2.14. The molecular formula is C7H14S2. The van der Waals surface area contributed by atoms with Gasteiger partial charge in [0.2, 0.25) is 0 Å². The van der Waals surface area contributed by atoms with Crippen LogP contribution in [-0.2, 0) is 0 Å². The molecule has 2 atom stereocenters. The Bertz CT molecular complexity index is 81.0. The van der Waals surface area contributed by atoms with Crippen LogP contribution < -0.4 is 0 Å². The molecule has 0 spiro atoms. The second-order valence-electron chi connectivity index (χ2n) is 2.65. The van der Waals surface area contributed by atoms with Gasteiger partial charge in [-0.05, 0) is 12.8 Å². The van der Waals surface area contributed by atoms with E-state index in [4.69, 9.17) is 0 Å². The topological polar surface area (TPSA) is 0 Å². The molecule has 0 N–H and O–H groups in total. The van der Waals surface area contributed by atoms with Crippen molar-refractivity contribution in [2.75, 3.05) is 0 Å². The fourth-order valence-electron chi connectivity index (χ4n) is 1.11. The maximum Gasteiger partial charge on any atom is 0.0162 e. The molecule has 1 saturated heterocycles. The maximum absolute atomic E-state index is 2.33. The first-order chi connectivity index (χ1) is 4.33. The molecule has 1 aliphatic rings. The summed E-state index contributed by atoms with van der Waals surface area (Å²) in [6.45, 7) is 4.60. The van der Waals surface area contributed by atoms with Gasteiger partial charge in [0.1, 0.15) is 0 Å². The second-order valence-corrected chi connectivity index (χ2v) is 5.66. The quantitative estimate of drug-likeness (QED) is 0.571. The summed E-state index contributed by atoms with van der Waals surface area (Å²) in [5.41, 5.74) is 0. The van der Waals surface area contributed by atoms with E-state index in [1.807, 2.05) is 0 Å². The van der Waals surface area contributed by atoms with E-state index >= 15 is 0 Å². The lowest BCUT2D eigenvalue weighted by Crippen LogP contribution is -1.99. The third kappa shape index (κ3) is 2.42. The first kappa shape index (κ1) is 7.80. The van der Waals surface area contributed by atoms with Gasteiger partial charge in [-0.3, -0.25) is 0 Å². The predicted molar refractivity (Wildman–Crippen MR) is 48.0 cm³/mol. The van der Waals surface area contributed by atoms with Crippen LogP contribution in [0.4, 0.5) is 0 Å².